The second-order valence-corrected chi connectivity index (χ2v) is 9.65. The number of sulfonamides is 1. The van der Waals surface area contributed by atoms with Crippen LogP contribution in [0.15, 0.2) is 71.6 Å². The van der Waals surface area contributed by atoms with Gasteiger partial charge in [-0.25, -0.2) is 17.6 Å². The highest BCUT2D eigenvalue weighted by Crippen LogP contribution is 2.23. The maximum atomic E-state index is 13.5. The summed E-state index contributed by atoms with van der Waals surface area (Å²) in [5.74, 6) is -1.69. The van der Waals surface area contributed by atoms with Gasteiger partial charge < -0.3 is 9.64 Å². The lowest BCUT2D eigenvalue weighted by atomic mass is 10.00. The van der Waals surface area contributed by atoms with Crippen LogP contribution in [-0.4, -0.2) is 38.3 Å². The molecule has 0 radical (unpaired) electrons. The van der Waals surface area contributed by atoms with E-state index in [1.165, 1.54) is 30.7 Å². The number of aryl methyl sites for hydroxylation is 1. The van der Waals surface area contributed by atoms with Crippen molar-refractivity contribution in [3.8, 4) is 0 Å². The molecule has 3 aromatic carbocycles. The van der Waals surface area contributed by atoms with Crippen LogP contribution in [0.3, 0.4) is 0 Å². The molecular formula is C25H23FN2O5S. The SMILES string of the molecule is Cc1cc(S(=O)(=O)Nc2ccccc2C(=O)OCC(=O)N2CCc3ccccc3C2)ccc1F. The number of carbonyl (C=O) groups is 2. The lowest BCUT2D eigenvalue weighted by Gasteiger charge is -2.28. The molecule has 4 rings (SSSR count). The van der Waals surface area contributed by atoms with E-state index in [2.05, 4.69) is 4.72 Å². The summed E-state index contributed by atoms with van der Waals surface area (Å²) in [5.41, 5.74) is 2.38. The first-order valence-electron chi connectivity index (χ1n) is 10.6. The molecule has 0 aromatic heterocycles. The van der Waals surface area contributed by atoms with Gasteiger partial charge in [0.1, 0.15) is 5.82 Å². The summed E-state index contributed by atoms with van der Waals surface area (Å²) in [6, 6.07) is 17.2. The van der Waals surface area contributed by atoms with E-state index in [4.69, 9.17) is 4.74 Å². The van der Waals surface area contributed by atoms with Crippen LogP contribution in [0.1, 0.15) is 27.0 Å². The van der Waals surface area contributed by atoms with Crippen molar-refractivity contribution in [1.29, 1.82) is 0 Å². The van der Waals surface area contributed by atoms with Gasteiger partial charge in [-0.2, -0.15) is 0 Å². The number of esters is 1. The second kappa shape index (κ2) is 9.64. The number of halogens is 1. The lowest BCUT2D eigenvalue weighted by Crippen LogP contribution is -2.38. The maximum Gasteiger partial charge on any atom is 0.340 e. The third kappa shape index (κ3) is 5.09. The van der Waals surface area contributed by atoms with E-state index in [9.17, 15) is 22.4 Å². The van der Waals surface area contributed by atoms with Crippen LogP contribution >= 0.6 is 0 Å². The Morgan fingerprint density at radius 3 is 2.50 bits per heavy atom. The maximum absolute atomic E-state index is 13.5. The molecule has 0 saturated carbocycles. The third-order valence-corrected chi connectivity index (χ3v) is 7.00. The van der Waals surface area contributed by atoms with Crippen molar-refractivity contribution < 1.29 is 27.1 Å². The number of rotatable bonds is 6. The monoisotopic (exact) mass is 482 g/mol. The Kier molecular flexibility index (Phi) is 6.65. The van der Waals surface area contributed by atoms with Crippen molar-refractivity contribution in [3.63, 3.8) is 0 Å². The predicted octanol–water partition coefficient (Wildman–Crippen LogP) is 3.68. The van der Waals surface area contributed by atoms with Crippen LogP contribution < -0.4 is 4.72 Å². The molecule has 3 aromatic rings. The molecule has 1 N–H and O–H groups in total. The zero-order valence-corrected chi connectivity index (χ0v) is 19.3. The second-order valence-electron chi connectivity index (χ2n) is 7.97. The van der Waals surface area contributed by atoms with Gasteiger partial charge in [-0.3, -0.25) is 9.52 Å². The van der Waals surface area contributed by atoms with Crippen molar-refractivity contribution in [2.45, 2.75) is 24.8 Å². The Hall–Kier alpha value is -3.72. The summed E-state index contributed by atoms with van der Waals surface area (Å²) in [5, 5.41) is 0. The number of para-hydroxylation sites is 1. The summed E-state index contributed by atoms with van der Waals surface area (Å²) in [7, 11) is -4.09. The molecule has 9 heteroatoms. The molecule has 0 aliphatic carbocycles. The lowest BCUT2D eigenvalue weighted by molar-refractivity contribution is -0.135. The van der Waals surface area contributed by atoms with E-state index in [-0.39, 0.29) is 27.6 Å². The minimum Gasteiger partial charge on any atom is -0.452 e. The predicted molar refractivity (Wildman–Crippen MR) is 124 cm³/mol. The minimum atomic E-state index is -4.09. The fraction of sp³-hybridized carbons (Fsp3) is 0.200. The van der Waals surface area contributed by atoms with Crippen LogP contribution in [0.2, 0.25) is 0 Å². The Morgan fingerprint density at radius 2 is 1.74 bits per heavy atom. The Balaban J connectivity index is 1.43. The first kappa shape index (κ1) is 23.4. The van der Waals surface area contributed by atoms with E-state index < -0.39 is 28.4 Å². The zero-order valence-electron chi connectivity index (χ0n) is 18.5. The highest BCUT2D eigenvalue weighted by molar-refractivity contribution is 7.92. The van der Waals surface area contributed by atoms with Gasteiger partial charge in [0, 0.05) is 13.1 Å². The molecule has 0 saturated heterocycles. The Labute approximate surface area is 197 Å². The number of nitrogens with zero attached hydrogens (tertiary/aromatic N) is 1. The largest absolute Gasteiger partial charge is 0.452 e. The molecule has 1 heterocycles. The minimum absolute atomic E-state index is 0.00572. The fourth-order valence-corrected chi connectivity index (χ4v) is 4.91. The number of ether oxygens (including phenoxy) is 1. The molecule has 7 nitrogen and oxygen atoms in total. The van der Waals surface area contributed by atoms with E-state index in [1.54, 1.807) is 17.0 Å². The number of benzene rings is 3. The van der Waals surface area contributed by atoms with Gasteiger partial charge in [0.2, 0.25) is 0 Å². The van der Waals surface area contributed by atoms with Gasteiger partial charge in [-0.1, -0.05) is 36.4 Å². The highest BCUT2D eigenvalue weighted by Gasteiger charge is 2.24. The van der Waals surface area contributed by atoms with Crippen LogP contribution in [0.4, 0.5) is 10.1 Å². The molecule has 0 unspecified atom stereocenters. The summed E-state index contributed by atoms with van der Waals surface area (Å²) in [6.07, 6.45) is 0.726. The smallest absolute Gasteiger partial charge is 0.340 e. The molecule has 0 atom stereocenters. The molecule has 176 valence electrons. The normalized spacial score (nSPS) is 13.2. The summed E-state index contributed by atoms with van der Waals surface area (Å²) in [4.78, 5) is 26.8. The van der Waals surface area contributed by atoms with E-state index in [1.807, 2.05) is 24.3 Å². The fourth-order valence-electron chi connectivity index (χ4n) is 3.74. The molecule has 0 spiro atoms. The number of carbonyl (C=O) groups excluding carboxylic acids is 2. The van der Waals surface area contributed by atoms with E-state index in [0.717, 1.165) is 24.1 Å². The van der Waals surface area contributed by atoms with Crippen molar-refractivity contribution in [2.75, 3.05) is 17.9 Å². The van der Waals surface area contributed by atoms with Gasteiger partial charge >= 0.3 is 5.97 Å². The first-order chi connectivity index (χ1) is 16.2. The van der Waals surface area contributed by atoms with Crippen molar-refractivity contribution in [3.05, 3.63) is 94.8 Å². The average Bonchev–Trinajstić information content (AvgIpc) is 2.83. The van der Waals surface area contributed by atoms with Gasteiger partial charge in [0.25, 0.3) is 15.9 Å². The number of amides is 1. The van der Waals surface area contributed by atoms with Crippen molar-refractivity contribution in [1.82, 2.24) is 4.90 Å². The highest BCUT2D eigenvalue weighted by atomic mass is 32.2. The molecule has 34 heavy (non-hydrogen) atoms. The van der Waals surface area contributed by atoms with Gasteiger partial charge in [-0.05, 0) is 60.4 Å². The van der Waals surface area contributed by atoms with Crippen molar-refractivity contribution in [2.24, 2.45) is 0 Å². The molecule has 1 amide bonds. The van der Waals surface area contributed by atoms with Crippen LogP contribution in [0, 0.1) is 12.7 Å². The first-order valence-corrected chi connectivity index (χ1v) is 12.1. The molecule has 0 fully saturated rings. The number of nitrogens with one attached hydrogen (secondary N) is 1. The van der Waals surface area contributed by atoms with E-state index >= 15 is 0 Å². The van der Waals surface area contributed by atoms with Crippen LogP contribution in [0.25, 0.3) is 0 Å². The molecule has 1 aliphatic rings. The molecule has 0 bridgehead atoms. The number of hydrogen-bond donors (Lipinski definition) is 1. The van der Waals surface area contributed by atoms with Crippen molar-refractivity contribution >= 4 is 27.6 Å². The quantitative estimate of drug-likeness (QED) is 0.541. The van der Waals surface area contributed by atoms with E-state index in [0.29, 0.717) is 13.1 Å². The summed E-state index contributed by atoms with van der Waals surface area (Å²) < 4.78 is 46.6. The van der Waals surface area contributed by atoms with Crippen LogP contribution in [0.5, 0.6) is 0 Å². The molecular weight excluding hydrogens is 459 g/mol. The van der Waals surface area contributed by atoms with Crippen LogP contribution in [-0.2, 0) is 32.5 Å². The third-order valence-electron chi connectivity index (χ3n) is 5.64. The summed E-state index contributed by atoms with van der Waals surface area (Å²) in [6.45, 7) is 1.97. The standard InChI is InChI=1S/C25H23FN2O5S/c1-17-14-20(10-11-22(17)26)34(31,32)27-23-9-5-4-8-21(23)25(30)33-16-24(29)28-13-12-18-6-2-3-7-19(18)15-28/h2-11,14,27H,12-13,15-16H2,1H3. The average molecular weight is 483 g/mol. The van der Waals surface area contributed by atoms with Gasteiger partial charge in [-0.15, -0.1) is 0 Å². The van der Waals surface area contributed by atoms with Gasteiger partial charge in [0.05, 0.1) is 16.1 Å². The van der Waals surface area contributed by atoms with Gasteiger partial charge in [0.15, 0.2) is 6.61 Å². The number of fused-ring (bicyclic) bond motifs is 1. The molecule has 1 aliphatic heterocycles. The topological polar surface area (TPSA) is 92.8 Å². The number of anilines is 1. The summed E-state index contributed by atoms with van der Waals surface area (Å²) >= 11 is 0. The Morgan fingerprint density at radius 1 is 1.03 bits per heavy atom. The number of hydrogen-bond acceptors (Lipinski definition) is 5. The zero-order chi connectivity index (χ0) is 24.3. The Bertz CT molecular complexity index is 1360.